The second-order valence-corrected chi connectivity index (χ2v) is 3.32. The third kappa shape index (κ3) is 1.77. The van der Waals surface area contributed by atoms with E-state index in [2.05, 4.69) is 20.5 Å². The summed E-state index contributed by atoms with van der Waals surface area (Å²) in [7, 11) is 0. The van der Waals surface area contributed by atoms with Gasteiger partial charge in [-0.05, 0) is 0 Å². The average molecular weight is 210 g/mol. The molecule has 0 atom stereocenters. The van der Waals surface area contributed by atoms with Crippen molar-refractivity contribution in [1.29, 1.82) is 0 Å². The summed E-state index contributed by atoms with van der Waals surface area (Å²) in [4.78, 5) is 14.8. The van der Waals surface area contributed by atoms with Crippen LogP contribution in [0.4, 0.5) is 5.13 Å². The molecule has 6 nitrogen and oxygen atoms in total. The van der Waals surface area contributed by atoms with Gasteiger partial charge in [-0.1, -0.05) is 0 Å². The molecule has 0 aliphatic carbocycles. The van der Waals surface area contributed by atoms with Crippen molar-refractivity contribution in [3.05, 3.63) is 11.8 Å². The molecule has 2 aromatic rings. The highest BCUT2D eigenvalue weighted by Gasteiger charge is 2.09. The summed E-state index contributed by atoms with van der Waals surface area (Å²) >= 11 is 1.31. The Morgan fingerprint density at radius 2 is 2.50 bits per heavy atom. The molecule has 1 N–H and O–H groups in total. The fourth-order valence-electron chi connectivity index (χ4n) is 0.865. The number of carbonyl (C=O) groups is 1. The smallest absolute Gasteiger partial charge is 0.267 e. The Bertz CT molecular complexity index is 436. The van der Waals surface area contributed by atoms with Gasteiger partial charge in [-0.3, -0.25) is 4.79 Å². The number of thiazole rings is 1. The minimum absolute atomic E-state index is 0.156. The van der Waals surface area contributed by atoms with E-state index in [0.29, 0.717) is 16.7 Å². The van der Waals surface area contributed by atoms with Gasteiger partial charge in [0.05, 0.1) is 0 Å². The van der Waals surface area contributed by atoms with E-state index in [1.165, 1.54) is 24.7 Å². The Hall–Kier alpha value is -1.76. The van der Waals surface area contributed by atoms with E-state index < -0.39 is 0 Å². The standard InChI is InChI=1S/C7H6N4O2S/c1-4(12)9-7-10-5(2-14-7)6-11-8-3-13-6/h2-3H,1H3,(H,9,10,12). The van der Waals surface area contributed by atoms with Gasteiger partial charge < -0.3 is 9.73 Å². The summed E-state index contributed by atoms with van der Waals surface area (Å²) in [5.74, 6) is 0.189. The van der Waals surface area contributed by atoms with Crippen molar-refractivity contribution >= 4 is 22.4 Å². The number of nitrogens with zero attached hydrogens (tertiary/aromatic N) is 3. The molecule has 1 amide bonds. The van der Waals surface area contributed by atoms with E-state index in [1.54, 1.807) is 5.38 Å². The highest BCUT2D eigenvalue weighted by molar-refractivity contribution is 7.14. The number of hydrogen-bond acceptors (Lipinski definition) is 6. The van der Waals surface area contributed by atoms with Crippen LogP contribution in [-0.2, 0) is 4.79 Å². The molecular weight excluding hydrogens is 204 g/mol. The quantitative estimate of drug-likeness (QED) is 0.804. The van der Waals surface area contributed by atoms with E-state index in [4.69, 9.17) is 4.42 Å². The second kappa shape index (κ2) is 3.54. The maximum atomic E-state index is 10.7. The Balaban J connectivity index is 2.22. The third-order valence-corrected chi connectivity index (χ3v) is 2.12. The van der Waals surface area contributed by atoms with Gasteiger partial charge in [0.2, 0.25) is 12.3 Å². The lowest BCUT2D eigenvalue weighted by atomic mass is 10.5. The zero-order chi connectivity index (χ0) is 9.97. The maximum absolute atomic E-state index is 10.7. The second-order valence-electron chi connectivity index (χ2n) is 2.46. The van der Waals surface area contributed by atoms with Crippen molar-refractivity contribution in [3.63, 3.8) is 0 Å². The number of anilines is 1. The molecule has 7 heteroatoms. The van der Waals surface area contributed by atoms with E-state index in [0.717, 1.165) is 0 Å². The normalized spacial score (nSPS) is 10.1. The van der Waals surface area contributed by atoms with E-state index in [1.807, 2.05) is 0 Å². The van der Waals surface area contributed by atoms with Gasteiger partial charge in [-0.25, -0.2) is 4.98 Å². The molecule has 0 spiro atoms. The Morgan fingerprint density at radius 1 is 1.64 bits per heavy atom. The molecule has 0 bridgehead atoms. The van der Waals surface area contributed by atoms with Gasteiger partial charge >= 0.3 is 0 Å². The first-order valence-electron chi connectivity index (χ1n) is 3.75. The number of hydrogen-bond donors (Lipinski definition) is 1. The Labute approximate surface area is 83.0 Å². The van der Waals surface area contributed by atoms with Crippen LogP contribution in [0.2, 0.25) is 0 Å². The molecule has 0 fully saturated rings. The van der Waals surface area contributed by atoms with Crippen LogP contribution < -0.4 is 5.32 Å². The number of aromatic nitrogens is 3. The summed E-state index contributed by atoms with van der Waals surface area (Å²) in [6.07, 6.45) is 1.23. The fourth-order valence-corrected chi connectivity index (χ4v) is 1.60. The lowest BCUT2D eigenvalue weighted by molar-refractivity contribution is -0.114. The van der Waals surface area contributed by atoms with Gasteiger partial charge in [0.25, 0.3) is 5.89 Å². The SMILES string of the molecule is CC(=O)Nc1nc(-c2nnco2)cs1. The van der Waals surface area contributed by atoms with Gasteiger partial charge in [0.1, 0.15) is 5.69 Å². The third-order valence-electron chi connectivity index (χ3n) is 1.37. The molecule has 0 saturated carbocycles. The minimum Gasteiger partial charge on any atom is -0.422 e. The summed E-state index contributed by atoms with van der Waals surface area (Å²) < 4.78 is 4.95. The molecule has 14 heavy (non-hydrogen) atoms. The summed E-state index contributed by atoms with van der Waals surface area (Å²) in [5.41, 5.74) is 0.566. The topological polar surface area (TPSA) is 80.9 Å². The van der Waals surface area contributed by atoms with Crippen molar-refractivity contribution in [2.24, 2.45) is 0 Å². The summed E-state index contributed by atoms with van der Waals surface area (Å²) in [6, 6.07) is 0. The molecule has 0 saturated heterocycles. The Morgan fingerprint density at radius 3 is 3.14 bits per heavy atom. The van der Waals surface area contributed by atoms with Crippen molar-refractivity contribution in [2.45, 2.75) is 6.92 Å². The number of carbonyl (C=O) groups excluding carboxylic acids is 1. The van der Waals surface area contributed by atoms with Crippen LogP contribution in [-0.4, -0.2) is 21.1 Å². The predicted octanol–water partition coefficient (Wildman–Crippen LogP) is 1.15. The van der Waals surface area contributed by atoms with Crippen molar-refractivity contribution in [3.8, 4) is 11.6 Å². The minimum atomic E-state index is -0.156. The van der Waals surface area contributed by atoms with Crippen LogP contribution in [0.1, 0.15) is 6.92 Å². The van der Waals surface area contributed by atoms with Crippen LogP contribution in [0.3, 0.4) is 0 Å². The molecule has 0 unspecified atom stereocenters. The largest absolute Gasteiger partial charge is 0.422 e. The van der Waals surface area contributed by atoms with Crippen LogP contribution in [0.5, 0.6) is 0 Å². The molecule has 0 aliphatic heterocycles. The predicted molar refractivity (Wildman–Crippen MR) is 49.7 cm³/mol. The van der Waals surface area contributed by atoms with Gasteiger partial charge in [-0.15, -0.1) is 21.5 Å². The molecule has 0 aromatic carbocycles. The molecule has 2 aromatic heterocycles. The molecule has 72 valence electrons. The van der Waals surface area contributed by atoms with Crippen LogP contribution in [0, 0.1) is 0 Å². The van der Waals surface area contributed by atoms with Crippen molar-refractivity contribution < 1.29 is 9.21 Å². The average Bonchev–Trinajstić information content (AvgIpc) is 2.69. The number of amides is 1. The highest BCUT2D eigenvalue weighted by atomic mass is 32.1. The number of nitrogens with one attached hydrogen (secondary N) is 1. The molecular formula is C7H6N4O2S. The number of rotatable bonds is 2. The summed E-state index contributed by atoms with van der Waals surface area (Å²) in [5, 5.41) is 12.0. The molecule has 2 heterocycles. The van der Waals surface area contributed by atoms with E-state index in [-0.39, 0.29) is 5.91 Å². The first-order chi connectivity index (χ1) is 6.75. The lowest BCUT2D eigenvalue weighted by Crippen LogP contribution is -2.04. The Kier molecular flexibility index (Phi) is 2.23. The zero-order valence-electron chi connectivity index (χ0n) is 7.22. The fraction of sp³-hybridized carbons (Fsp3) is 0.143. The van der Waals surface area contributed by atoms with Gasteiger partial charge in [-0.2, -0.15) is 0 Å². The first kappa shape index (κ1) is 8.82. The zero-order valence-corrected chi connectivity index (χ0v) is 8.04. The molecule has 0 aliphatic rings. The monoisotopic (exact) mass is 210 g/mol. The molecule has 0 radical (unpaired) electrons. The van der Waals surface area contributed by atoms with Crippen molar-refractivity contribution in [2.75, 3.05) is 5.32 Å². The maximum Gasteiger partial charge on any atom is 0.267 e. The van der Waals surface area contributed by atoms with E-state index in [9.17, 15) is 4.79 Å². The van der Waals surface area contributed by atoms with Crippen LogP contribution >= 0.6 is 11.3 Å². The van der Waals surface area contributed by atoms with Crippen molar-refractivity contribution in [1.82, 2.24) is 15.2 Å². The first-order valence-corrected chi connectivity index (χ1v) is 4.63. The van der Waals surface area contributed by atoms with Crippen LogP contribution in [0.25, 0.3) is 11.6 Å². The molecule has 2 rings (SSSR count). The summed E-state index contributed by atoms with van der Waals surface area (Å²) in [6.45, 7) is 1.42. The lowest BCUT2D eigenvalue weighted by Gasteiger charge is -1.92. The van der Waals surface area contributed by atoms with Crippen LogP contribution in [0.15, 0.2) is 16.2 Å². The van der Waals surface area contributed by atoms with Gasteiger partial charge in [0, 0.05) is 12.3 Å². The van der Waals surface area contributed by atoms with Gasteiger partial charge in [0.15, 0.2) is 5.13 Å². The van der Waals surface area contributed by atoms with E-state index >= 15 is 0 Å². The highest BCUT2D eigenvalue weighted by Crippen LogP contribution is 2.22.